The zero-order valence-corrected chi connectivity index (χ0v) is 14.9. The first-order chi connectivity index (χ1) is 12.6. The van der Waals surface area contributed by atoms with Gasteiger partial charge in [-0.2, -0.15) is 5.10 Å². The Labute approximate surface area is 152 Å². The lowest BCUT2D eigenvalue weighted by Gasteiger charge is -2.19. The summed E-state index contributed by atoms with van der Waals surface area (Å²) >= 11 is 0. The molecule has 1 aliphatic heterocycles. The third kappa shape index (κ3) is 4.11. The number of carbonyl (C=O) groups is 2. The van der Waals surface area contributed by atoms with E-state index in [1.54, 1.807) is 4.90 Å². The molecule has 1 aliphatic rings. The maximum atomic E-state index is 12.8. The lowest BCUT2D eigenvalue weighted by atomic mass is 10.1. The van der Waals surface area contributed by atoms with Crippen LogP contribution in [-0.4, -0.2) is 57.3 Å². The molecule has 26 heavy (non-hydrogen) atoms. The van der Waals surface area contributed by atoms with Crippen molar-refractivity contribution < 1.29 is 14.7 Å². The third-order valence-electron chi connectivity index (χ3n) is 4.52. The highest BCUT2D eigenvalue weighted by Crippen LogP contribution is 2.12. The van der Waals surface area contributed by atoms with Gasteiger partial charge in [-0.15, -0.1) is 0 Å². The molecule has 0 saturated heterocycles. The molecule has 138 valence electrons. The fraction of sp³-hybridized carbons (Fsp3) is 0.421. The van der Waals surface area contributed by atoms with Crippen molar-refractivity contribution in [3.63, 3.8) is 0 Å². The first-order valence-corrected chi connectivity index (χ1v) is 8.95. The van der Waals surface area contributed by atoms with Crippen molar-refractivity contribution in [1.29, 1.82) is 0 Å². The summed E-state index contributed by atoms with van der Waals surface area (Å²) in [5.41, 5.74) is 1.80. The van der Waals surface area contributed by atoms with E-state index in [1.807, 2.05) is 25.1 Å². The van der Waals surface area contributed by atoms with Crippen molar-refractivity contribution in [2.24, 2.45) is 0 Å². The van der Waals surface area contributed by atoms with Crippen molar-refractivity contribution in [2.45, 2.75) is 32.4 Å². The predicted octanol–water partition coefficient (Wildman–Crippen LogP) is 1.08. The zero-order valence-electron chi connectivity index (χ0n) is 14.9. The van der Waals surface area contributed by atoms with E-state index in [0.717, 1.165) is 12.8 Å². The Kier molecular flexibility index (Phi) is 5.68. The van der Waals surface area contributed by atoms with Crippen LogP contribution < -0.4 is 5.32 Å². The molecule has 2 N–H and O–H groups in total. The van der Waals surface area contributed by atoms with Crippen LogP contribution in [0, 0.1) is 0 Å². The summed E-state index contributed by atoms with van der Waals surface area (Å²) in [5, 5.41) is 16.7. The van der Waals surface area contributed by atoms with Gasteiger partial charge >= 0.3 is 0 Å². The number of nitrogens with zero attached hydrogens (tertiary/aromatic N) is 3. The first-order valence-electron chi connectivity index (χ1n) is 8.95. The van der Waals surface area contributed by atoms with Crippen LogP contribution in [-0.2, 0) is 13.0 Å². The molecule has 2 amide bonds. The number of hydrogen-bond acceptors (Lipinski definition) is 4. The van der Waals surface area contributed by atoms with E-state index in [-0.39, 0.29) is 30.6 Å². The highest BCUT2D eigenvalue weighted by atomic mass is 16.3. The van der Waals surface area contributed by atoms with E-state index in [1.165, 1.54) is 16.3 Å². The molecule has 2 heterocycles. The van der Waals surface area contributed by atoms with E-state index in [9.17, 15) is 14.7 Å². The van der Waals surface area contributed by atoms with Crippen LogP contribution in [0.5, 0.6) is 0 Å². The number of rotatable bonds is 6. The van der Waals surface area contributed by atoms with Gasteiger partial charge in [0, 0.05) is 25.7 Å². The second kappa shape index (κ2) is 8.14. The summed E-state index contributed by atoms with van der Waals surface area (Å²) in [7, 11) is 0. The highest BCUT2D eigenvalue weighted by Gasteiger charge is 2.25. The molecular formula is C19H24N4O3. The standard InChI is InChI=1S/C19H24N4O3/c1-2-22(10-6-9-14-7-4-3-5-8-14)19(26)16-11-17-18(25)20-12-15(24)13-23(17)21-16/h3-5,7-8,11,15,24H,2,6,9-10,12-13H2,1H3,(H,20,25). The monoisotopic (exact) mass is 356 g/mol. The van der Waals surface area contributed by atoms with Crippen LogP contribution in [0.2, 0.25) is 0 Å². The maximum Gasteiger partial charge on any atom is 0.274 e. The smallest absolute Gasteiger partial charge is 0.274 e. The van der Waals surface area contributed by atoms with E-state index in [4.69, 9.17) is 0 Å². The van der Waals surface area contributed by atoms with Gasteiger partial charge in [0.15, 0.2) is 5.69 Å². The molecule has 0 aliphatic carbocycles. The number of β-amino-alcohol motifs (C(OH)–C–C–N with tert-alkyl or cyclic N) is 1. The highest BCUT2D eigenvalue weighted by molar-refractivity contribution is 5.98. The Balaban J connectivity index is 1.66. The van der Waals surface area contributed by atoms with Crippen molar-refractivity contribution in [1.82, 2.24) is 20.0 Å². The molecule has 0 spiro atoms. The number of fused-ring (bicyclic) bond motifs is 1. The number of benzene rings is 1. The second-order valence-corrected chi connectivity index (χ2v) is 6.43. The number of aliphatic hydroxyl groups is 1. The summed E-state index contributed by atoms with van der Waals surface area (Å²) in [6, 6.07) is 11.7. The average Bonchev–Trinajstić information content (AvgIpc) is 3.02. The number of aromatic nitrogens is 2. The fourth-order valence-electron chi connectivity index (χ4n) is 3.09. The molecule has 7 heteroatoms. The van der Waals surface area contributed by atoms with Gasteiger partial charge in [0.2, 0.25) is 0 Å². The largest absolute Gasteiger partial charge is 0.389 e. The molecule has 0 fully saturated rings. The number of carbonyl (C=O) groups excluding carboxylic acids is 2. The van der Waals surface area contributed by atoms with Crippen LogP contribution in [0.4, 0.5) is 0 Å². The van der Waals surface area contributed by atoms with Crippen LogP contribution in [0.1, 0.15) is 39.9 Å². The Bertz CT molecular complexity index is 772. The molecule has 3 rings (SSSR count). The van der Waals surface area contributed by atoms with Gasteiger partial charge in [-0.05, 0) is 25.3 Å². The van der Waals surface area contributed by atoms with Gasteiger partial charge in [0.05, 0.1) is 12.6 Å². The average molecular weight is 356 g/mol. The lowest BCUT2D eigenvalue weighted by Crippen LogP contribution is -2.33. The van der Waals surface area contributed by atoms with Crippen LogP contribution in [0.25, 0.3) is 0 Å². The molecule has 1 atom stereocenters. The van der Waals surface area contributed by atoms with Gasteiger partial charge in [-0.25, -0.2) is 0 Å². The Morgan fingerprint density at radius 2 is 2.15 bits per heavy atom. The molecule has 2 aromatic rings. The van der Waals surface area contributed by atoms with E-state index < -0.39 is 6.10 Å². The molecule has 1 unspecified atom stereocenters. The fourth-order valence-corrected chi connectivity index (χ4v) is 3.09. The number of amides is 2. The van der Waals surface area contributed by atoms with Crippen molar-refractivity contribution in [2.75, 3.05) is 19.6 Å². The summed E-state index contributed by atoms with van der Waals surface area (Å²) in [6.07, 6.45) is 1.05. The summed E-state index contributed by atoms with van der Waals surface area (Å²) < 4.78 is 1.41. The van der Waals surface area contributed by atoms with Gasteiger partial charge in [-0.3, -0.25) is 14.3 Å². The van der Waals surface area contributed by atoms with E-state index >= 15 is 0 Å². The number of aryl methyl sites for hydroxylation is 1. The molecule has 0 saturated carbocycles. The lowest BCUT2D eigenvalue weighted by molar-refractivity contribution is 0.0754. The summed E-state index contributed by atoms with van der Waals surface area (Å²) in [4.78, 5) is 26.5. The zero-order chi connectivity index (χ0) is 18.5. The molecular weight excluding hydrogens is 332 g/mol. The van der Waals surface area contributed by atoms with Crippen LogP contribution >= 0.6 is 0 Å². The topological polar surface area (TPSA) is 87.5 Å². The summed E-state index contributed by atoms with van der Waals surface area (Å²) in [5.74, 6) is -0.511. The minimum Gasteiger partial charge on any atom is -0.389 e. The number of aliphatic hydroxyl groups excluding tert-OH is 1. The molecule has 0 bridgehead atoms. The number of hydrogen-bond donors (Lipinski definition) is 2. The maximum absolute atomic E-state index is 12.8. The Morgan fingerprint density at radius 3 is 2.88 bits per heavy atom. The van der Waals surface area contributed by atoms with Gasteiger partial charge in [0.1, 0.15) is 5.69 Å². The Morgan fingerprint density at radius 1 is 1.38 bits per heavy atom. The summed E-state index contributed by atoms with van der Waals surface area (Å²) in [6.45, 7) is 3.51. The molecule has 1 aromatic heterocycles. The first kappa shape index (κ1) is 18.1. The third-order valence-corrected chi connectivity index (χ3v) is 4.52. The normalized spacial score (nSPS) is 16.5. The van der Waals surface area contributed by atoms with Gasteiger partial charge in [-0.1, -0.05) is 30.3 Å². The molecule has 1 aromatic carbocycles. The minimum absolute atomic E-state index is 0.187. The molecule has 0 radical (unpaired) electrons. The van der Waals surface area contributed by atoms with Crippen molar-refractivity contribution in [3.8, 4) is 0 Å². The van der Waals surface area contributed by atoms with Gasteiger partial charge in [0.25, 0.3) is 11.8 Å². The SMILES string of the molecule is CCN(CCCc1ccccc1)C(=O)c1cc2n(n1)CC(O)CNC2=O. The van der Waals surface area contributed by atoms with E-state index in [0.29, 0.717) is 18.8 Å². The van der Waals surface area contributed by atoms with Crippen molar-refractivity contribution >= 4 is 11.8 Å². The van der Waals surface area contributed by atoms with E-state index in [2.05, 4.69) is 22.5 Å². The van der Waals surface area contributed by atoms with Crippen LogP contribution in [0.3, 0.4) is 0 Å². The molecule has 7 nitrogen and oxygen atoms in total. The second-order valence-electron chi connectivity index (χ2n) is 6.43. The van der Waals surface area contributed by atoms with Crippen LogP contribution in [0.15, 0.2) is 36.4 Å². The minimum atomic E-state index is -0.712. The predicted molar refractivity (Wildman–Crippen MR) is 96.9 cm³/mol. The van der Waals surface area contributed by atoms with Gasteiger partial charge < -0.3 is 15.3 Å². The quantitative estimate of drug-likeness (QED) is 0.811. The Hall–Kier alpha value is -2.67. The van der Waals surface area contributed by atoms with Crippen molar-refractivity contribution in [3.05, 3.63) is 53.3 Å². The number of nitrogens with one attached hydrogen (secondary N) is 1.